The molecule has 2 N–H and O–H groups in total. The highest BCUT2D eigenvalue weighted by atomic mass is 19.1. The summed E-state index contributed by atoms with van der Waals surface area (Å²) in [7, 11) is 0. The molecule has 0 aliphatic heterocycles. The SMILES string of the molecule is CC(/C=N/O)=N\Nc1c(F)cccc1F. The number of halogens is 2. The van der Waals surface area contributed by atoms with Gasteiger partial charge in [-0.3, -0.25) is 5.43 Å². The molecule has 80 valence electrons. The number of nitrogens with one attached hydrogen (secondary N) is 1. The molecule has 0 unspecified atom stereocenters. The molecule has 1 aromatic carbocycles. The zero-order valence-electron chi connectivity index (χ0n) is 7.91. The van der Waals surface area contributed by atoms with Gasteiger partial charge in [-0.2, -0.15) is 5.10 Å². The van der Waals surface area contributed by atoms with Gasteiger partial charge in [0.2, 0.25) is 0 Å². The van der Waals surface area contributed by atoms with Crippen molar-refractivity contribution < 1.29 is 14.0 Å². The molecule has 0 fully saturated rings. The smallest absolute Gasteiger partial charge is 0.151 e. The Labute approximate surface area is 84.9 Å². The van der Waals surface area contributed by atoms with Crippen LogP contribution in [0.3, 0.4) is 0 Å². The van der Waals surface area contributed by atoms with Crippen molar-refractivity contribution >= 4 is 17.6 Å². The molecule has 0 radical (unpaired) electrons. The highest BCUT2D eigenvalue weighted by molar-refractivity contribution is 6.29. The fourth-order valence-electron chi connectivity index (χ4n) is 0.861. The van der Waals surface area contributed by atoms with Gasteiger partial charge in [0.25, 0.3) is 0 Å². The predicted octanol–water partition coefficient (Wildman–Crippen LogP) is 2.21. The summed E-state index contributed by atoms with van der Waals surface area (Å²) in [6.07, 6.45) is 1.03. The zero-order valence-corrected chi connectivity index (χ0v) is 7.91. The number of hydrogen-bond acceptors (Lipinski definition) is 4. The molecule has 0 bridgehead atoms. The lowest BCUT2D eigenvalue weighted by Gasteiger charge is -2.03. The van der Waals surface area contributed by atoms with E-state index in [1.165, 1.54) is 13.0 Å². The van der Waals surface area contributed by atoms with Crippen molar-refractivity contribution in [3.63, 3.8) is 0 Å². The Morgan fingerprint density at radius 2 is 2.00 bits per heavy atom. The van der Waals surface area contributed by atoms with Crippen LogP contribution in [0.5, 0.6) is 0 Å². The first-order chi connectivity index (χ1) is 7.15. The third-order valence-electron chi connectivity index (χ3n) is 1.55. The summed E-state index contributed by atoms with van der Waals surface area (Å²) in [6, 6.07) is 3.47. The van der Waals surface area contributed by atoms with Crippen LogP contribution in [-0.4, -0.2) is 17.1 Å². The molecule has 0 atom stereocenters. The van der Waals surface area contributed by atoms with Crippen LogP contribution in [0.1, 0.15) is 6.92 Å². The second kappa shape index (κ2) is 5.04. The van der Waals surface area contributed by atoms with Crippen molar-refractivity contribution in [2.75, 3.05) is 5.43 Å². The standard InChI is InChI=1S/C9H9F2N3O/c1-6(5-12-15)13-14-9-7(10)3-2-4-8(9)11/h2-5,14-15H,1H3/b12-5+,13-6+. The Morgan fingerprint density at radius 3 is 2.53 bits per heavy atom. The first-order valence-electron chi connectivity index (χ1n) is 4.07. The summed E-state index contributed by atoms with van der Waals surface area (Å²) in [5.41, 5.74) is 2.14. The van der Waals surface area contributed by atoms with E-state index in [2.05, 4.69) is 15.7 Å². The summed E-state index contributed by atoms with van der Waals surface area (Å²) < 4.78 is 26.1. The van der Waals surface area contributed by atoms with Crippen molar-refractivity contribution in [1.29, 1.82) is 0 Å². The number of benzene rings is 1. The maximum atomic E-state index is 13.0. The maximum Gasteiger partial charge on any atom is 0.151 e. The first-order valence-corrected chi connectivity index (χ1v) is 4.07. The second-order valence-corrected chi connectivity index (χ2v) is 2.71. The van der Waals surface area contributed by atoms with E-state index in [0.29, 0.717) is 0 Å². The van der Waals surface area contributed by atoms with E-state index in [-0.39, 0.29) is 11.4 Å². The van der Waals surface area contributed by atoms with Crippen molar-refractivity contribution in [2.45, 2.75) is 6.92 Å². The van der Waals surface area contributed by atoms with Crippen LogP contribution in [-0.2, 0) is 0 Å². The Morgan fingerprint density at radius 1 is 1.40 bits per heavy atom. The monoisotopic (exact) mass is 213 g/mol. The molecule has 1 aromatic rings. The van der Waals surface area contributed by atoms with Gasteiger partial charge >= 0.3 is 0 Å². The summed E-state index contributed by atoms with van der Waals surface area (Å²) in [6.45, 7) is 1.51. The summed E-state index contributed by atoms with van der Waals surface area (Å²) in [4.78, 5) is 0. The molecule has 0 saturated carbocycles. The van der Waals surface area contributed by atoms with Crippen LogP contribution in [0.4, 0.5) is 14.5 Å². The van der Waals surface area contributed by atoms with E-state index >= 15 is 0 Å². The first kappa shape index (κ1) is 11.1. The number of hydrazone groups is 1. The minimum absolute atomic E-state index is 0.278. The van der Waals surface area contributed by atoms with Gasteiger partial charge in [-0.15, -0.1) is 0 Å². The van der Waals surface area contributed by atoms with Gasteiger partial charge in [-0.1, -0.05) is 11.2 Å². The van der Waals surface area contributed by atoms with Gasteiger partial charge in [0, 0.05) is 0 Å². The number of anilines is 1. The largest absolute Gasteiger partial charge is 0.411 e. The second-order valence-electron chi connectivity index (χ2n) is 2.71. The van der Waals surface area contributed by atoms with E-state index in [9.17, 15) is 8.78 Å². The molecule has 1 rings (SSSR count). The van der Waals surface area contributed by atoms with Crippen molar-refractivity contribution in [2.24, 2.45) is 10.3 Å². The van der Waals surface area contributed by atoms with Crippen molar-refractivity contribution in [1.82, 2.24) is 0 Å². The molecule has 6 heteroatoms. The normalized spacial score (nSPS) is 12.1. The third kappa shape index (κ3) is 3.01. The van der Waals surface area contributed by atoms with Crippen LogP contribution in [0, 0.1) is 11.6 Å². The van der Waals surface area contributed by atoms with Gasteiger partial charge < -0.3 is 5.21 Å². The number of rotatable bonds is 3. The number of oxime groups is 1. The van der Waals surface area contributed by atoms with Gasteiger partial charge in [-0.05, 0) is 19.1 Å². The maximum absolute atomic E-state index is 13.0. The lowest BCUT2D eigenvalue weighted by molar-refractivity contribution is 0.322. The van der Waals surface area contributed by atoms with Crippen molar-refractivity contribution in [3.05, 3.63) is 29.8 Å². The molecule has 0 spiro atoms. The van der Waals surface area contributed by atoms with Crippen LogP contribution in [0.2, 0.25) is 0 Å². The van der Waals surface area contributed by atoms with Crippen LogP contribution in [0.15, 0.2) is 28.5 Å². The Bertz CT molecular complexity index is 384. The van der Waals surface area contributed by atoms with E-state index in [1.54, 1.807) is 0 Å². The molecule has 0 amide bonds. The highest BCUT2D eigenvalue weighted by Crippen LogP contribution is 2.17. The molecule has 0 heterocycles. The molecular formula is C9H9F2N3O. The molecule has 0 aromatic heterocycles. The number of para-hydroxylation sites is 1. The van der Waals surface area contributed by atoms with E-state index in [4.69, 9.17) is 5.21 Å². The van der Waals surface area contributed by atoms with E-state index in [0.717, 1.165) is 18.3 Å². The average molecular weight is 213 g/mol. The molecule has 15 heavy (non-hydrogen) atoms. The summed E-state index contributed by atoms with van der Waals surface area (Å²) in [5.74, 6) is -1.49. The Kier molecular flexibility index (Phi) is 3.73. The highest BCUT2D eigenvalue weighted by Gasteiger charge is 2.06. The minimum atomic E-state index is -0.743. The Balaban J connectivity index is 2.86. The number of nitrogens with zero attached hydrogens (tertiary/aromatic N) is 2. The molecular weight excluding hydrogens is 204 g/mol. The number of hydrogen-bond donors (Lipinski definition) is 2. The fraction of sp³-hybridized carbons (Fsp3) is 0.111. The Hall–Kier alpha value is -1.98. The molecule has 0 aliphatic rings. The fourth-order valence-corrected chi connectivity index (χ4v) is 0.861. The lowest BCUT2D eigenvalue weighted by Crippen LogP contribution is -2.01. The molecule has 0 saturated heterocycles. The van der Waals surface area contributed by atoms with Crippen LogP contribution < -0.4 is 5.43 Å². The van der Waals surface area contributed by atoms with Crippen molar-refractivity contribution in [3.8, 4) is 0 Å². The average Bonchev–Trinajstić information content (AvgIpc) is 2.17. The summed E-state index contributed by atoms with van der Waals surface area (Å²) in [5, 5.41) is 14.4. The zero-order chi connectivity index (χ0) is 11.3. The molecule has 0 aliphatic carbocycles. The predicted molar refractivity (Wildman–Crippen MR) is 53.4 cm³/mol. The van der Waals surface area contributed by atoms with Gasteiger partial charge in [0.05, 0.1) is 11.9 Å². The van der Waals surface area contributed by atoms with Crippen LogP contribution in [0.25, 0.3) is 0 Å². The van der Waals surface area contributed by atoms with Crippen LogP contribution >= 0.6 is 0 Å². The van der Waals surface area contributed by atoms with Gasteiger partial charge in [0.1, 0.15) is 5.69 Å². The minimum Gasteiger partial charge on any atom is -0.411 e. The van der Waals surface area contributed by atoms with E-state index in [1.807, 2.05) is 0 Å². The topological polar surface area (TPSA) is 57.0 Å². The van der Waals surface area contributed by atoms with E-state index < -0.39 is 11.6 Å². The van der Waals surface area contributed by atoms with Gasteiger partial charge in [-0.25, -0.2) is 8.78 Å². The third-order valence-corrected chi connectivity index (χ3v) is 1.55. The summed E-state index contributed by atoms with van der Waals surface area (Å²) >= 11 is 0. The molecule has 4 nitrogen and oxygen atoms in total. The quantitative estimate of drug-likeness (QED) is 0.459. The van der Waals surface area contributed by atoms with Gasteiger partial charge in [0.15, 0.2) is 11.6 Å². The lowest BCUT2D eigenvalue weighted by atomic mass is 10.3.